The monoisotopic (exact) mass is 332 g/mol. The Hall–Kier alpha value is -3.28. The zero-order valence-electron chi connectivity index (χ0n) is 13.9. The van der Waals surface area contributed by atoms with Gasteiger partial charge in [0.25, 0.3) is 0 Å². The molecule has 1 aromatic carbocycles. The minimum Gasteiger partial charge on any atom is -0.403 e. The number of nitrogens with zero attached hydrogens (tertiary/aromatic N) is 3. The minimum atomic E-state index is -0.410. The second-order valence-corrected chi connectivity index (χ2v) is 6.48. The first kappa shape index (κ1) is 14.1. The Morgan fingerprint density at radius 1 is 1.16 bits per heavy atom. The van der Waals surface area contributed by atoms with Crippen LogP contribution in [0.4, 0.5) is 0 Å². The maximum Gasteiger partial charge on any atom is 0.345 e. The summed E-state index contributed by atoms with van der Waals surface area (Å²) in [6.45, 7) is 3.96. The van der Waals surface area contributed by atoms with Gasteiger partial charge in [-0.3, -0.25) is 0 Å². The van der Waals surface area contributed by atoms with Gasteiger partial charge in [-0.1, -0.05) is 17.7 Å². The molecule has 5 rings (SSSR count). The van der Waals surface area contributed by atoms with Crippen LogP contribution in [-0.2, 0) is 4.79 Å². The van der Waals surface area contributed by atoms with Gasteiger partial charge in [-0.15, -0.1) is 0 Å². The van der Waals surface area contributed by atoms with Crippen LogP contribution < -0.4 is 10.5 Å². The number of esters is 1. The molecule has 0 saturated carbocycles. The molecule has 6 heteroatoms. The maximum atomic E-state index is 12.6. The first-order chi connectivity index (χ1) is 12.1. The highest BCUT2D eigenvalue weighted by molar-refractivity contribution is 6.01. The van der Waals surface area contributed by atoms with E-state index in [9.17, 15) is 4.79 Å². The van der Waals surface area contributed by atoms with Crippen LogP contribution in [0.2, 0.25) is 0 Å². The largest absolute Gasteiger partial charge is 0.403 e. The molecule has 0 aliphatic carbocycles. The molecular weight excluding hydrogens is 316 g/mol. The number of ether oxygens (including phenoxy) is 1. The van der Waals surface area contributed by atoms with E-state index < -0.39 is 5.97 Å². The molecule has 0 saturated heterocycles. The summed E-state index contributed by atoms with van der Waals surface area (Å²) in [4.78, 5) is 12.6. The molecule has 2 aliphatic heterocycles. The van der Waals surface area contributed by atoms with E-state index in [0.717, 1.165) is 28.2 Å². The molecule has 0 amide bonds. The molecule has 2 aliphatic rings. The van der Waals surface area contributed by atoms with Crippen LogP contribution in [0, 0.1) is 13.8 Å². The highest BCUT2D eigenvalue weighted by Crippen LogP contribution is 2.48. The average Bonchev–Trinajstić information content (AvgIpc) is 3.25. The summed E-state index contributed by atoms with van der Waals surface area (Å²) < 4.78 is 9.20. The number of carbonyl (C=O) groups is 1. The normalized spacial score (nSPS) is 18.0. The van der Waals surface area contributed by atoms with E-state index in [4.69, 9.17) is 10.5 Å². The number of aromatic nitrogens is 3. The molecule has 1 unspecified atom stereocenters. The molecule has 4 heterocycles. The van der Waals surface area contributed by atoms with E-state index in [1.165, 1.54) is 0 Å². The van der Waals surface area contributed by atoms with E-state index >= 15 is 0 Å². The van der Waals surface area contributed by atoms with Crippen LogP contribution in [0.3, 0.4) is 0 Å². The third-order valence-corrected chi connectivity index (χ3v) is 4.94. The summed E-state index contributed by atoms with van der Waals surface area (Å²) in [5, 5.41) is 4.64. The first-order valence-corrected chi connectivity index (χ1v) is 8.12. The van der Waals surface area contributed by atoms with Crippen molar-refractivity contribution in [3.05, 3.63) is 70.7 Å². The molecule has 1 atom stereocenters. The molecule has 0 spiro atoms. The highest BCUT2D eigenvalue weighted by atomic mass is 16.5. The molecule has 0 radical (unpaired) electrons. The van der Waals surface area contributed by atoms with Gasteiger partial charge in [-0.2, -0.15) is 5.10 Å². The maximum absolute atomic E-state index is 12.6. The Morgan fingerprint density at radius 3 is 2.68 bits per heavy atom. The molecule has 25 heavy (non-hydrogen) atoms. The van der Waals surface area contributed by atoms with Crippen molar-refractivity contribution in [1.82, 2.24) is 14.3 Å². The van der Waals surface area contributed by atoms with Crippen LogP contribution in [0.15, 0.2) is 48.2 Å². The first-order valence-electron chi connectivity index (χ1n) is 8.12. The van der Waals surface area contributed by atoms with Crippen molar-refractivity contribution in [2.75, 3.05) is 0 Å². The predicted octanol–water partition coefficient (Wildman–Crippen LogP) is 2.48. The Bertz CT molecular complexity index is 1070. The number of benzene rings is 1. The SMILES string of the molecule is Cc1ccc(-n2nc(C)c3c2OC(=O)C2=C(N)n4cccc4C23)cc1. The van der Waals surface area contributed by atoms with E-state index in [0.29, 0.717) is 17.3 Å². The standard InChI is InChI=1S/C19H16N4O2/c1-10-5-7-12(8-6-10)23-18-14(11(2)21-23)15-13-4-3-9-22(13)17(20)16(15)19(24)25-18/h3-9,15H,20H2,1-2H3. The van der Waals surface area contributed by atoms with Gasteiger partial charge < -0.3 is 15.0 Å². The van der Waals surface area contributed by atoms with E-state index in [-0.39, 0.29) is 5.92 Å². The van der Waals surface area contributed by atoms with Gasteiger partial charge in [0.05, 0.1) is 28.4 Å². The molecule has 2 aromatic heterocycles. The van der Waals surface area contributed by atoms with E-state index in [2.05, 4.69) is 5.10 Å². The van der Waals surface area contributed by atoms with Gasteiger partial charge in [-0.25, -0.2) is 9.48 Å². The second kappa shape index (κ2) is 4.63. The van der Waals surface area contributed by atoms with Crippen LogP contribution >= 0.6 is 0 Å². The van der Waals surface area contributed by atoms with Crippen molar-refractivity contribution >= 4 is 11.8 Å². The van der Waals surface area contributed by atoms with Crippen LogP contribution in [0.1, 0.15) is 28.4 Å². The van der Waals surface area contributed by atoms with Gasteiger partial charge >= 0.3 is 5.97 Å². The van der Waals surface area contributed by atoms with Gasteiger partial charge in [0.1, 0.15) is 5.82 Å². The van der Waals surface area contributed by atoms with Gasteiger partial charge in [0, 0.05) is 11.9 Å². The fraction of sp³-hybridized carbons (Fsp3) is 0.158. The molecule has 0 fully saturated rings. The molecule has 0 bridgehead atoms. The Labute approximate surface area is 144 Å². The van der Waals surface area contributed by atoms with Gasteiger partial charge in [0.15, 0.2) is 0 Å². The lowest BCUT2D eigenvalue weighted by atomic mass is 9.88. The van der Waals surface area contributed by atoms with Gasteiger partial charge in [-0.05, 0) is 38.1 Å². The molecular formula is C19H16N4O2. The Kier molecular flexibility index (Phi) is 2.61. The highest BCUT2D eigenvalue weighted by Gasteiger charge is 2.45. The second-order valence-electron chi connectivity index (χ2n) is 6.48. The van der Waals surface area contributed by atoms with Crippen molar-refractivity contribution < 1.29 is 9.53 Å². The summed E-state index contributed by atoms with van der Waals surface area (Å²) >= 11 is 0. The molecule has 3 aromatic rings. The summed E-state index contributed by atoms with van der Waals surface area (Å²) in [6.07, 6.45) is 1.86. The number of hydrogen-bond donors (Lipinski definition) is 1. The lowest BCUT2D eigenvalue weighted by molar-refractivity contribution is -0.131. The van der Waals surface area contributed by atoms with E-state index in [1.807, 2.05) is 61.0 Å². The molecule has 6 nitrogen and oxygen atoms in total. The predicted molar refractivity (Wildman–Crippen MR) is 92.4 cm³/mol. The summed E-state index contributed by atoms with van der Waals surface area (Å²) in [5.41, 5.74) is 11.4. The smallest absolute Gasteiger partial charge is 0.345 e. The van der Waals surface area contributed by atoms with Crippen molar-refractivity contribution in [2.45, 2.75) is 19.8 Å². The van der Waals surface area contributed by atoms with Crippen molar-refractivity contribution in [2.24, 2.45) is 5.73 Å². The number of hydrogen-bond acceptors (Lipinski definition) is 4. The summed E-state index contributed by atoms with van der Waals surface area (Å²) in [7, 11) is 0. The Balaban J connectivity index is 1.76. The summed E-state index contributed by atoms with van der Waals surface area (Å²) in [6, 6.07) is 11.9. The number of rotatable bonds is 1. The zero-order chi connectivity index (χ0) is 17.3. The van der Waals surface area contributed by atoms with E-state index in [1.54, 1.807) is 4.68 Å². The van der Waals surface area contributed by atoms with Crippen LogP contribution in [0.5, 0.6) is 5.88 Å². The van der Waals surface area contributed by atoms with Crippen LogP contribution in [-0.4, -0.2) is 20.3 Å². The fourth-order valence-corrected chi connectivity index (χ4v) is 3.74. The third-order valence-electron chi connectivity index (χ3n) is 4.94. The minimum absolute atomic E-state index is 0.231. The Morgan fingerprint density at radius 2 is 1.92 bits per heavy atom. The van der Waals surface area contributed by atoms with Crippen molar-refractivity contribution in [3.8, 4) is 11.6 Å². The average molecular weight is 332 g/mol. The van der Waals surface area contributed by atoms with Gasteiger partial charge in [0.2, 0.25) is 5.88 Å². The number of aryl methyl sites for hydroxylation is 2. The van der Waals surface area contributed by atoms with Crippen molar-refractivity contribution in [3.63, 3.8) is 0 Å². The third kappa shape index (κ3) is 1.73. The molecule has 2 N–H and O–H groups in total. The fourth-order valence-electron chi connectivity index (χ4n) is 3.74. The lowest BCUT2D eigenvalue weighted by Gasteiger charge is -2.21. The lowest BCUT2D eigenvalue weighted by Crippen LogP contribution is -2.25. The van der Waals surface area contributed by atoms with Crippen molar-refractivity contribution in [1.29, 1.82) is 0 Å². The topological polar surface area (TPSA) is 75.1 Å². The zero-order valence-corrected chi connectivity index (χ0v) is 13.9. The molecule has 124 valence electrons. The quantitative estimate of drug-likeness (QED) is 0.695. The summed E-state index contributed by atoms with van der Waals surface area (Å²) in [5.74, 6) is 0.267. The number of carbonyl (C=O) groups excluding carboxylic acids is 1. The van der Waals surface area contributed by atoms with Crippen LogP contribution in [0.25, 0.3) is 11.5 Å². The number of nitrogens with two attached hydrogens (primary N) is 1. The number of fused-ring (bicyclic) bond motifs is 5.